The molecule has 0 spiro atoms. The normalized spacial score (nSPS) is 20.9. The monoisotopic (exact) mass is 381 g/mol. The zero-order chi connectivity index (χ0) is 19.0. The Kier molecular flexibility index (Phi) is 4.41. The lowest BCUT2D eigenvalue weighted by Gasteiger charge is -2.23. The van der Waals surface area contributed by atoms with Crippen molar-refractivity contribution in [1.29, 1.82) is 0 Å². The predicted octanol–water partition coefficient (Wildman–Crippen LogP) is 1.74. The van der Waals surface area contributed by atoms with Gasteiger partial charge in [0.15, 0.2) is 6.67 Å². The summed E-state index contributed by atoms with van der Waals surface area (Å²) in [5.74, 6) is -0.220. The number of para-hydroxylation sites is 1. The smallest absolute Gasteiger partial charge is 0.319 e. The highest BCUT2D eigenvalue weighted by Crippen LogP contribution is 2.28. The Balaban J connectivity index is 1.48. The van der Waals surface area contributed by atoms with Gasteiger partial charge in [0.1, 0.15) is 17.1 Å². The third-order valence-corrected chi connectivity index (χ3v) is 5.88. The minimum atomic E-state index is -1.02. The first kappa shape index (κ1) is 17.6. The summed E-state index contributed by atoms with van der Waals surface area (Å²) in [6.45, 7) is 2.70. The van der Waals surface area contributed by atoms with Gasteiger partial charge in [-0.2, -0.15) is 0 Å². The van der Waals surface area contributed by atoms with E-state index < -0.39 is 5.54 Å². The van der Waals surface area contributed by atoms with Crippen LogP contribution in [0.25, 0.3) is 10.2 Å². The highest BCUT2D eigenvalue weighted by molar-refractivity contribution is 7.18. The van der Waals surface area contributed by atoms with Crippen molar-refractivity contribution in [2.24, 2.45) is 0 Å². The van der Waals surface area contributed by atoms with E-state index in [1.807, 2.05) is 55.6 Å². The van der Waals surface area contributed by atoms with Crippen LogP contribution in [0.4, 0.5) is 4.79 Å². The first-order valence-corrected chi connectivity index (χ1v) is 9.64. The number of thiazole rings is 1. The van der Waals surface area contributed by atoms with Crippen LogP contribution in [0, 0.1) is 0 Å². The van der Waals surface area contributed by atoms with Crippen molar-refractivity contribution in [3.63, 3.8) is 0 Å². The van der Waals surface area contributed by atoms with Crippen LogP contribution in [0.1, 0.15) is 17.5 Å². The van der Waals surface area contributed by atoms with Crippen molar-refractivity contribution in [2.45, 2.75) is 19.0 Å². The SMILES string of the molecule is C[NH+](Cc1nc2ccccc2s1)CN1C(=O)N[C@](C)(c2ccccc2)C1=O. The highest BCUT2D eigenvalue weighted by Gasteiger charge is 2.49. The van der Waals surface area contributed by atoms with E-state index in [9.17, 15) is 9.59 Å². The summed E-state index contributed by atoms with van der Waals surface area (Å²) in [6, 6.07) is 17.0. The number of fused-ring (bicyclic) bond motifs is 1. The maximum atomic E-state index is 13.0. The van der Waals surface area contributed by atoms with Crippen LogP contribution in [0.15, 0.2) is 54.6 Å². The molecular weight excluding hydrogens is 360 g/mol. The second-order valence-corrected chi connectivity index (χ2v) is 8.14. The average molecular weight is 381 g/mol. The Morgan fingerprint density at radius 3 is 2.56 bits per heavy atom. The summed E-state index contributed by atoms with van der Waals surface area (Å²) in [7, 11) is 1.96. The van der Waals surface area contributed by atoms with Crippen LogP contribution in [0.5, 0.6) is 0 Å². The van der Waals surface area contributed by atoms with E-state index in [0.29, 0.717) is 13.2 Å². The molecule has 2 aromatic carbocycles. The lowest BCUT2D eigenvalue weighted by Crippen LogP contribution is -3.09. The zero-order valence-corrected chi connectivity index (χ0v) is 16.0. The molecule has 1 fully saturated rings. The number of rotatable bonds is 5. The van der Waals surface area contributed by atoms with E-state index in [-0.39, 0.29) is 11.9 Å². The van der Waals surface area contributed by atoms with Crippen LogP contribution in [0.3, 0.4) is 0 Å². The van der Waals surface area contributed by atoms with Gasteiger partial charge in [0, 0.05) is 0 Å². The Morgan fingerprint density at radius 2 is 1.81 bits per heavy atom. The average Bonchev–Trinajstić information content (AvgIpc) is 3.16. The third kappa shape index (κ3) is 3.20. The number of hydrogen-bond acceptors (Lipinski definition) is 4. The lowest BCUT2D eigenvalue weighted by molar-refractivity contribution is -0.901. The summed E-state index contributed by atoms with van der Waals surface area (Å²) >= 11 is 1.65. The number of quaternary nitrogens is 1. The number of nitrogens with zero attached hydrogens (tertiary/aromatic N) is 2. The maximum Gasteiger partial charge on any atom is 0.329 e. The van der Waals surface area contributed by atoms with Crippen LogP contribution in [-0.2, 0) is 16.9 Å². The fourth-order valence-corrected chi connectivity index (χ4v) is 4.47. The number of urea groups is 1. The fraction of sp³-hybridized carbons (Fsp3) is 0.250. The van der Waals surface area contributed by atoms with Crippen LogP contribution < -0.4 is 10.2 Å². The number of nitrogens with one attached hydrogen (secondary N) is 2. The molecule has 4 rings (SSSR count). The Bertz CT molecular complexity index is 970. The molecule has 0 aliphatic carbocycles. The van der Waals surface area contributed by atoms with Crippen LogP contribution >= 0.6 is 11.3 Å². The van der Waals surface area contributed by atoms with Crippen molar-refractivity contribution in [3.05, 3.63) is 65.2 Å². The van der Waals surface area contributed by atoms with E-state index in [4.69, 9.17) is 0 Å². The fourth-order valence-electron chi connectivity index (χ4n) is 3.39. The number of hydrogen-bond donors (Lipinski definition) is 2. The Morgan fingerprint density at radius 1 is 1.11 bits per heavy atom. The predicted molar refractivity (Wildman–Crippen MR) is 104 cm³/mol. The number of imide groups is 1. The maximum absolute atomic E-state index is 13.0. The standard InChI is InChI=1S/C20H20N4O2S/c1-20(14-8-4-3-5-9-14)18(25)24(19(26)22-20)13-23(2)12-17-21-15-10-6-7-11-16(15)27-17/h3-11H,12-13H2,1-2H3,(H,22,26)/p+1/t20-/m1/s1. The molecule has 2 N–H and O–H groups in total. The second-order valence-electron chi connectivity index (χ2n) is 7.02. The number of aromatic nitrogens is 1. The molecule has 1 unspecified atom stereocenters. The summed E-state index contributed by atoms with van der Waals surface area (Å²) < 4.78 is 1.15. The molecule has 6 nitrogen and oxygen atoms in total. The number of amides is 3. The minimum absolute atomic E-state index is 0.220. The molecule has 7 heteroatoms. The van der Waals surface area contributed by atoms with Gasteiger partial charge in [0.05, 0.1) is 17.3 Å². The minimum Gasteiger partial charge on any atom is -0.319 e. The van der Waals surface area contributed by atoms with Crippen molar-refractivity contribution in [1.82, 2.24) is 15.2 Å². The molecule has 1 saturated heterocycles. The molecule has 1 aromatic heterocycles. The second kappa shape index (κ2) is 6.75. The van der Waals surface area contributed by atoms with Gasteiger partial charge in [-0.05, 0) is 24.6 Å². The molecular formula is C20H21N4O2S+. The first-order chi connectivity index (χ1) is 13.0. The Hall–Kier alpha value is -2.77. The zero-order valence-electron chi connectivity index (χ0n) is 15.2. The summed E-state index contributed by atoms with van der Waals surface area (Å²) in [5.41, 5.74) is 0.751. The van der Waals surface area contributed by atoms with E-state index in [1.165, 1.54) is 4.90 Å². The highest BCUT2D eigenvalue weighted by atomic mass is 32.1. The van der Waals surface area contributed by atoms with E-state index in [1.54, 1.807) is 18.3 Å². The summed E-state index contributed by atoms with van der Waals surface area (Å²) in [4.78, 5) is 32.4. The van der Waals surface area contributed by atoms with Crippen molar-refractivity contribution in [3.8, 4) is 0 Å². The molecule has 2 atom stereocenters. The van der Waals surface area contributed by atoms with Gasteiger partial charge in [-0.25, -0.2) is 14.7 Å². The largest absolute Gasteiger partial charge is 0.329 e. The first-order valence-electron chi connectivity index (χ1n) is 8.83. The molecule has 3 amide bonds. The molecule has 0 radical (unpaired) electrons. The van der Waals surface area contributed by atoms with Gasteiger partial charge in [-0.3, -0.25) is 4.79 Å². The molecule has 138 valence electrons. The summed E-state index contributed by atoms with van der Waals surface area (Å²) in [5, 5.41) is 3.84. The van der Waals surface area contributed by atoms with Gasteiger partial charge in [0.25, 0.3) is 5.91 Å². The van der Waals surface area contributed by atoms with Gasteiger partial charge in [0.2, 0.25) is 0 Å². The van der Waals surface area contributed by atoms with E-state index >= 15 is 0 Å². The van der Waals surface area contributed by atoms with Crippen molar-refractivity contribution in [2.75, 3.05) is 13.7 Å². The molecule has 0 saturated carbocycles. The third-order valence-electron chi connectivity index (χ3n) is 4.85. The van der Waals surface area contributed by atoms with E-state index in [2.05, 4.69) is 16.4 Å². The molecule has 1 aliphatic heterocycles. The molecule has 1 aliphatic rings. The van der Waals surface area contributed by atoms with Crippen LogP contribution in [-0.4, -0.2) is 35.5 Å². The van der Waals surface area contributed by atoms with Crippen molar-refractivity contribution >= 4 is 33.5 Å². The summed E-state index contributed by atoms with van der Waals surface area (Å²) in [6.07, 6.45) is 0. The number of benzene rings is 2. The molecule has 27 heavy (non-hydrogen) atoms. The van der Waals surface area contributed by atoms with Gasteiger partial charge >= 0.3 is 6.03 Å². The van der Waals surface area contributed by atoms with Gasteiger partial charge < -0.3 is 10.2 Å². The van der Waals surface area contributed by atoms with E-state index in [0.717, 1.165) is 25.7 Å². The molecule has 2 heterocycles. The molecule has 3 aromatic rings. The van der Waals surface area contributed by atoms with Crippen LogP contribution in [0.2, 0.25) is 0 Å². The van der Waals surface area contributed by atoms with Crippen molar-refractivity contribution < 1.29 is 14.5 Å². The Labute approximate surface area is 161 Å². The molecule has 0 bridgehead atoms. The van der Waals surface area contributed by atoms with Gasteiger partial charge in [-0.15, -0.1) is 11.3 Å². The topological polar surface area (TPSA) is 66.7 Å². The lowest BCUT2D eigenvalue weighted by atomic mass is 9.92. The number of carbonyl (C=O) groups excluding carboxylic acids is 2. The quantitative estimate of drug-likeness (QED) is 0.662. The number of carbonyl (C=O) groups is 2. The van der Waals surface area contributed by atoms with Gasteiger partial charge in [-0.1, -0.05) is 42.5 Å².